The van der Waals surface area contributed by atoms with Gasteiger partial charge in [0.15, 0.2) is 11.5 Å². The van der Waals surface area contributed by atoms with E-state index < -0.39 is 0 Å². The second kappa shape index (κ2) is 9.70. The largest absolute Gasteiger partial charge is 0.493 e. The van der Waals surface area contributed by atoms with Crippen LogP contribution in [0.5, 0.6) is 11.5 Å². The minimum atomic E-state index is 0.440. The molecule has 0 radical (unpaired) electrons. The number of aryl methyl sites for hydroxylation is 1. The molecule has 0 heterocycles. The summed E-state index contributed by atoms with van der Waals surface area (Å²) < 4.78 is 12.1. The quantitative estimate of drug-likeness (QED) is 0.654. The van der Waals surface area contributed by atoms with E-state index in [4.69, 9.17) is 9.47 Å². The molecule has 1 N–H and O–H groups in total. The van der Waals surface area contributed by atoms with Crippen molar-refractivity contribution in [2.24, 2.45) is 0 Å². The number of nitrogens with one attached hydrogen (secondary N) is 1. The molecule has 0 saturated carbocycles. The second-order valence-corrected chi connectivity index (χ2v) is 6.69. The summed E-state index contributed by atoms with van der Waals surface area (Å²) in [6, 6.07) is 15.1. The lowest BCUT2D eigenvalue weighted by Gasteiger charge is -2.17. The first-order valence-electron chi connectivity index (χ1n) is 8.40. The van der Waals surface area contributed by atoms with E-state index in [1.54, 1.807) is 7.11 Å². The number of hydrogen-bond acceptors (Lipinski definition) is 3. The van der Waals surface area contributed by atoms with Crippen molar-refractivity contribution in [3.05, 3.63) is 58.1 Å². The molecule has 2 rings (SSSR count). The molecule has 4 heteroatoms. The summed E-state index contributed by atoms with van der Waals surface area (Å²) >= 11 is 3.63. The average molecular weight is 392 g/mol. The maximum Gasteiger partial charge on any atom is 0.162 e. The van der Waals surface area contributed by atoms with Gasteiger partial charge in [-0.2, -0.15) is 0 Å². The third kappa shape index (κ3) is 5.53. The molecule has 0 amide bonds. The summed E-state index contributed by atoms with van der Waals surface area (Å²) in [6.07, 6.45) is 2.19. The van der Waals surface area contributed by atoms with Crippen LogP contribution < -0.4 is 14.8 Å². The van der Waals surface area contributed by atoms with E-state index in [0.717, 1.165) is 35.4 Å². The standard InChI is InChI=1S/C20H26BrNO2/c1-4-24-20-13-18(21)17(12-19(20)23-3)14-22-15(2)10-11-16-8-6-5-7-9-16/h5-9,12-13,15,22H,4,10-11,14H2,1-3H3. The van der Waals surface area contributed by atoms with Gasteiger partial charge >= 0.3 is 0 Å². The summed E-state index contributed by atoms with van der Waals surface area (Å²) in [4.78, 5) is 0. The summed E-state index contributed by atoms with van der Waals surface area (Å²) in [6.45, 7) is 5.61. The minimum absolute atomic E-state index is 0.440. The normalized spacial score (nSPS) is 12.0. The smallest absolute Gasteiger partial charge is 0.162 e. The van der Waals surface area contributed by atoms with Gasteiger partial charge in [-0.3, -0.25) is 0 Å². The van der Waals surface area contributed by atoms with Crippen molar-refractivity contribution in [2.45, 2.75) is 39.3 Å². The Morgan fingerprint density at radius 1 is 1.12 bits per heavy atom. The zero-order valence-electron chi connectivity index (χ0n) is 14.6. The Kier molecular flexibility index (Phi) is 7.60. The van der Waals surface area contributed by atoms with E-state index in [0.29, 0.717) is 12.6 Å². The first kappa shape index (κ1) is 18.8. The lowest BCUT2D eigenvalue weighted by molar-refractivity contribution is 0.310. The zero-order valence-corrected chi connectivity index (χ0v) is 16.2. The molecule has 0 aliphatic carbocycles. The van der Waals surface area contributed by atoms with Crippen molar-refractivity contribution in [3.8, 4) is 11.5 Å². The highest BCUT2D eigenvalue weighted by Crippen LogP contribution is 2.33. The van der Waals surface area contributed by atoms with Gasteiger partial charge in [0.1, 0.15) is 0 Å². The molecular formula is C20H26BrNO2. The fraction of sp³-hybridized carbons (Fsp3) is 0.400. The molecule has 0 aromatic heterocycles. The highest BCUT2D eigenvalue weighted by atomic mass is 79.9. The summed E-state index contributed by atoms with van der Waals surface area (Å²) in [7, 11) is 1.67. The van der Waals surface area contributed by atoms with Crippen molar-refractivity contribution in [2.75, 3.05) is 13.7 Å². The number of halogens is 1. The molecule has 1 atom stereocenters. The van der Waals surface area contributed by atoms with E-state index in [1.807, 2.05) is 19.1 Å². The molecule has 24 heavy (non-hydrogen) atoms. The van der Waals surface area contributed by atoms with Gasteiger partial charge < -0.3 is 14.8 Å². The molecule has 0 fully saturated rings. The zero-order chi connectivity index (χ0) is 17.4. The van der Waals surface area contributed by atoms with Crippen LogP contribution in [0.1, 0.15) is 31.4 Å². The van der Waals surface area contributed by atoms with Crippen LogP contribution in [0, 0.1) is 0 Å². The Morgan fingerprint density at radius 3 is 2.54 bits per heavy atom. The van der Waals surface area contributed by atoms with Crippen LogP contribution in [0.4, 0.5) is 0 Å². The number of benzene rings is 2. The van der Waals surface area contributed by atoms with Gasteiger partial charge in [0, 0.05) is 17.1 Å². The molecule has 130 valence electrons. The van der Waals surface area contributed by atoms with Crippen LogP contribution in [0.25, 0.3) is 0 Å². The predicted octanol–water partition coefficient (Wildman–Crippen LogP) is 4.97. The lowest BCUT2D eigenvalue weighted by Crippen LogP contribution is -2.26. The van der Waals surface area contributed by atoms with Gasteiger partial charge in [-0.25, -0.2) is 0 Å². The van der Waals surface area contributed by atoms with E-state index in [-0.39, 0.29) is 0 Å². The molecular weight excluding hydrogens is 366 g/mol. The summed E-state index contributed by atoms with van der Waals surface area (Å²) in [5.74, 6) is 1.54. The molecule has 1 unspecified atom stereocenters. The fourth-order valence-electron chi connectivity index (χ4n) is 2.55. The average Bonchev–Trinajstić information content (AvgIpc) is 2.60. The Hall–Kier alpha value is -1.52. The molecule has 0 saturated heterocycles. The molecule has 0 spiro atoms. The van der Waals surface area contributed by atoms with Crippen molar-refractivity contribution in [1.29, 1.82) is 0 Å². The number of hydrogen-bond donors (Lipinski definition) is 1. The monoisotopic (exact) mass is 391 g/mol. The molecule has 0 aliphatic heterocycles. The Bertz CT molecular complexity index is 631. The number of methoxy groups -OCH3 is 1. The van der Waals surface area contributed by atoms with Crippen LogP contribution >= 0.6 is 15.9 Å². The highest BCUT2D eigenvalue weighted by molar-refractivity contribution is 9.10. The van der Waals surface area contributed by atoms with Gasteiger partial charge in [-0.1, -0.05) is 46.3 Å². The number of ether oxygens (including phenoxy) is 2. The Balaban J connectivity index is 1.91. The fourth-order valence-corrected chi connectivity index (χ4v) is 3.02. The van der Waals surface area contributed by atoms with Crippen LogP contribution in [0.2, 0.25) is 0 Å². The molecule has 2 aromatic rings. The van der Waals surface area contributed by atoms with Crippen molar-refractivity contribution in [3.63, 3.8) is 0 Å². The second-order valence-electron chi connectivity index (χ2n) is 5.83. The lowest BCUT2D eigenvalue weighted by atomic mass is 10.1. The first-order valence-corrected chi connectivity index (χ1v) is 9.19. The minimum Gasteiger partial charge on any atom is -0.493 e. The SMILES string of the molecule is CCOc1cc(Br)c(CNC(C)CCc2ccccc2)cc1OC. The van der Waals surface area contributed by atoms with E-state index >= 15 is 0 Å². The highest BCUT2D eigenvalue weighted by Gasteiger charge is 2.11. The van der Waals surface area contributed by atoms with Crippen LogP contribution in [-0.4, -0.2) is 19.8 Å². The van der Waals surface area contributed by atoms with Gasteiger partial charge in [0.25, 0.3) is 0 Å². The van der Waals surface area contributed by atoms with Crippen molar-refractivity contribution < 1.29 is 9.47 Å². The van der Waals surface area contributed by atoms with Crippen LogP contribution in [-0.2, 0) is 13.0 Å². The van der Waals surface area contributed by atoms with E-state index in [2.05, 4.69) is 58.5 Å². The van der Waals surface area contributed by atoms with E-state index in [1.165, 1.54) is 11.1 Å². The van der Waals surface area contributed by atoms with Crippen molar-refractivity contribution >= 4 is 15.9 Å². The predicted molar refractivity (Wildman–Crippen MR) is 103 cm³/mol. The van der Waals surface area contributed by atoms with Crippen LogP contribution in [0.15, 0.2) is 46.9 Å². The molecule has 0 bridgehead atoms. The van der Waals surface area contributed by atoms with Gasteiger partial charge in [0.2, 0.25) is 0 Å². The maximum atomic E-state index is 5.60. The Morgan fingerprint density at radius 2 is 1.88 bits per heavy atom. The number of rotatable bonds is 9. The van der Waals surface area contributed by atoms with Gasteiger partial charge in [-0.15, -0.1) is 0 Å². The van der Waals surface area contributed by atoms with Gasteiger partial charge in [0.05, 0.1) is 13.7 Å². The molecule has 2 aromatic carbocycles. The summed E-state index contributed by atoms with van der Waals surface area (Å²) in [5, 5.41) is 3.59. The third-order valence-electron chi connectivity index (χ3n) is 3.98. The summed E-state index contributed by atoms with van der Waals surface area (Å²) in [5.41, 5.74) is 2.55. The molecule has 3 nitrogen and oxygen atoms in total. The third-order valence-corrected chi connectivity index (χ3v) is 4.72. The van der Waals surface area contributed by atoms with Crippen LogP contribution in [0.3, 0.4) is 0 Å². The molecule has 0 aliphatic rings. The van der Waals surface area contributed by atoms with Crippen molar-refractivity contribution in [1.82, 2.24) is 5.32 Å². The van der Waals surface area contributed by atoms with E-state index in [9.17, 15) is 0 Å². The topological polar surface area (TPSA) is 30.5 Å². The maximum absolute atomic E-state index is 5.60. The Labute approximate surface area is 153 Å². The van der Waals surface area contributed by atoms with Gasteiger partial charge in [-0.05, 0) is 49.9 Å². The first-order chi connectivity index (χ1) is 11.6.